The van der Waals surface area contributed by atoms with E-state index in [1.165, 1.54) is 60.7 Å². The summed E-state index contributed by atoms with van der Waals surface area (Å²) in [5.41, 5.74) is 2.23. The molecule has 7 nitrogen and oxygen atoms in total. The average Bonchev–Trinajstić information content (AvgIpc) is 4.02. The lowest BCUT2D eigenvalue weighted by molar-refractivity contribution is -0.142. The molecule has 0 radical (unpaired) electrons. The second-order valence-electron chi connectivity index (χ2n) is 13.9. The summed E-state index contributed by atoms with van der Waals surface area (Å²) in [6, 6.07) is 17.2. The van der Waals surface area contributed by atoms with E-state index in [4.69, 9.17) is 28.4 Å². The molecule has 2 fully saturated rings. The van der Waals surface area contributed by atoms with Gasteiger partial charge in [0.25, 0.3) is 0 Å². The predicted octanol–water partition coefficient (Wildman–Crippen LogP) is 8.68. The lowest BCUT2D eigenvalue weighted by atomic mass is 9.88. The third kappa shape index (κ3) is 9.99. The second-order valence-corrected chi connectivity index (χ2v) is 13.9. The molecule has 0 bridgehead atoms. The lowest BCUT2D eigenvalue weighted by Crippen LogP contribution is -2.26. The van der Waals surface area contributed by atoms with Crippen LogP contribution in [0, 0.1) is 27.7 Å². The van der Waals surface area contributed by atoms with E-state index >= 15 is 0 Å². The fraction of sp³-hybridized carbons (Fsp3) is 0.415. The number of epoxide rings is 2. The summed E-state index contributed by atoms with van der Waals surface area (Å²) in [6.45, 7) is 8.04. The highest BCUT2D eigenvalue weighted by atomic mass is 19.4. The Morgan fingerprint density at radius 3 is 1.06 bits per heavy atom. The molecular formula is C41H42F6O7. The maximum absolute atomic E-state index is 14.4. The Morgan fingerprint density at radius 1 is 0.537 bits per heavy atom. The number of halogens is 6. The van der Waals surface area contributed by atoms with Crippen LogP contribution in [-0.4, -0.2) is 75.4 Å². The minimum absolute atomic E-state index is 0.0168. The van der Waals surface area contributed by atoms with Gasteiger partial charge in [0.05, 0.1) is 13.2 Å². The molecule has 0 saturated carbocycles. The molecule has 4 aromatic carbocycles. The molecular weight excluding hydrogens is 718 g/mol. The number of hydrogen-bond donors (Lipinski definition) is 1. The van der Waals surface area contributed by atoms with Crippen molar-refractivity contribution in [1.82, 2.24) is 0 Å². The van der Waals surface area contributed by atoms with E-state index in [1.54, 1.807) is 39.8 Å². The molecule has 2 aliphatic heterocycles. The van der Waals surface area contributed by atoms with Crippen molar-refractivity contribution in [3.8, 4) is 23.0 Å². The van der Waals surface area contributed by atoms with Gasteiger partial charge in [-0.25, -0.2) is 0 Å². The molecule has 4 aromatic rings. The van der Waals surface area contributed by atoms with E-state index in [-0.39, 0.29) is 59.2 Å². The topological polar surface area (TPSA) is 82.2 Å². The SMILES string of the molecule is Cc1cc(C(c2ccc(OCC3CO3)c(C)c2)C(F)(F)F)ccc1OCC(O)COc1ccc(C(c2ccc(OCC3CO3)c(C)c2)C(F)(F)F)cc1C. The van der Waals surface area contributed by atoms with Crippen LogP contribution in [0.25, 0.3) is 0 Å². The van der Waals surface area contributed by atoms with Crippen molar-refractivity contribution in [3.05, 3.63) is 117 Å². The van der Waals surface area contributed by atoms with Crippen molar-refractivity contribution in [2.24, 2.45) is 0 Å². The monoisotopic (exact) mass is 760 g/mol. The maximum atomic E-state index is 14.4. The second kappa shape index (κ2) is 16.1. The summed E-state index contributed by atoms with van der Waals surface area (Å²) >= 11 is 0. The summed E-state index contributed by atoms with van der Waals surface area (Å²) in [7, 11) is 0. The summed E-state index contributed by atoms with van der Waals surface area (Å²) in [5.74, 6) is -2.21. The zero-order valence-electron chi connectivity index (χ0n) is 30.2. The maximum Gasteiger partial charge on any atom is 0.399 e. The highest BCUT2D eigenvalue weighted by Gasteiger charge is 2.43. The molecule has 1 N–H and O–H groups in total. The predicted molar refractivity (Wildman–Crippen MR) is 188 cm³/mol. The van der Waals surface area contributed by atoms with Crippen LogP contribution in [0.5, 0.6) is 23.0 Å². The first-order valence-electron chi connectivity index (χ1n) is 17.5. The zero-order chi connectivity index (χ0) is 38.8. The molecule has 6 rings (SSSR count). The van der Waals surface area contributed by atoms with Crippen LogP contribution >= 0.6 is 0 Å². The number of ether oxygens (including phenoxy) is 6. The summed E-state index contributed by atoms with van der Waals surface area (Å²) in [6.07, 6.45) is -10.3. The van der Waals surface area contributed by atoms with E-state index in [2.05, 4.69) is 0 Å². The Hall–Kier alpha value is -4.46. The molecule has 0 aromatic heterocycles. The molecule has 13 heteroatoms. The molecule has 0 spiro atoms. The van der Waals surface area contributed by atoms with Crippen LogP contribution < -0.4 is 18.9 Å². The quantitative estimate of drug-likeness (QED) is 0.0905. The Bertz CT molecular complexity index is 1780. The van der Waals surface area contributed by atoms with Gasteiger partial charge in [-0.1, -0.05) is 48.5 Å². The van der Waals surface area contributed by atoms with Gasteiger partial charge in [0, 0.05) is 0 Å². The van der Waals surface area contributed by atoms with Crippen molar-refractivity contribution in [2.75, 3.05) is 39.6 Å². The van der Waals surface area contributed by atoms with Crippen LogP contribution in [0.2, 0.25) is 0 Å². The summed E-state index contributed by atoms with van der Waals surface area (Å²) in [5, 5.41) is 10.6. The first-order valence-corrected chi connectivity index (χ1v) is 17.5. The molecule has 2 saturated heterocycles. The fourth-order valence-corrected chi connectivity index (χ4v) is 6.31. The van der Waals surface area contributed by atoms with Gasteiger partial charge in [-0.15, -0.1) is 0 Å². The van der Waals surface area contributed by atoms with E-state index in [0.717, 1.165) is 0 Å². The van der Waals surface area contributed by atoms with Crippen molar-refractivity contribution in [1.29, 1.82) is 0 Å². The first-order chi connectivity index (χ1) is 25.6. The number of rotatable bonds is 16. The minimum Gasteiger partial charge on any atom is -0.491 e. The van der Waals surface area contributed by atoms with Crippen LogP contribution in [-0.2, 0) is 9.47 Å². The Labute approximate surface area is 309 Å². The molecule has 2 heterocycles. The van der Waals surface area contributed by atoms with Crippen LogP contribution in [0.3, 0.4) is 0 Å². The first kappa shape index (κ1) is 39.2. The van der Waals surface area contributed by atoms with Gasteiger partial charge in [0.1, 0.15) is 79.6 Å². The highest BCUT2D eigenvalue weighted by molar-refractivity contribution is 5.47. The van der Waals surface area contributed by atoms with Crippen molar-refractivity contribution >= 4 is 0 Å². The van der Waals surface area contributed by atoms with Gasteiger partial charge in [0.15, 0.2) is 0 Å². The molecule has 54 heavy (non-hydrogen) atoms. The average molecular weight is 761 g/mol. The summed E-state index contributed by atoms with van der Waals surface area (Å²) in [4.78, 5) is 0. The van der Waals surface area contributed by atoms with Gasteiger partial charge in [-0.2, -0.15) is 26.3 Å². The molecule has 4 atom stereocenters. The van der Waals surface area contributed by atoms with E-state index in [0.29, 0.717) is 60.2 Å². The van der Waals surface area contributed by atoms with Crippen LogP contribution in [0.1, 0.15) is 56.3 Å². The zero-order valence-corrected chi connectivity index (χ0v) is 30.2. The van der Waals surface area contributed by atoms with Gasteiger partial charge in [-0.3, -0.25) is 0 Å². The highest BCUT2D eigenvalue weighted by Crippen LogP contribution is 2.44. The molecule has 4 unspecified atom stereocenters. The van der Waals surface area contributed by atoms with Gasteiger partial charge in [0.2, 0.25) is 0 Å². The summed E-state index contributed by atoms with van der Waals surface area (Å²) < 4.78 is 120. The van der Waals surface area contributed by atoms with Gasteiger partial charge >= 0.3 is 12.4 Å². The Balaban J connectivity index is 1.06. The lowest BCUT2D eigenvalue weighted by Gasteiger charge is -2.24. The molecule has 0 amide bonds. The fourth-order valence-electron chi connectivity index (χ4n) is 6.31. The van der Waals surface area contributed by atoms with Crippen LogP contribution in [0.15, 0.2) is 72.8 Å². The third-order valence-electron chi connectivity index (χ3n) is 9.30. The van der Waals surface area contributed by atoms with Crippen molar-refractivity contribution < 1.29 is 59.9 Å². The van der Waals surface area contributed by atoms with E-state index in [9.17, 15) is 31.4 Å². The van der Waals surface area contributed by atoms with E-state index < -0.39 is 30.3 Å². The molecule has 2 aliphatic rings. The van der Waals surface area contributed by atoms with Crippen molar-refractivity contribution in [2.45, 2.75) is 70.2 Å². The number of aliphatic hydroxyl groups excluding tert-OH is 1. The smallest absolute Gasteiger partial charge is 0.399 e. The standard InChI is InChI=1S/C41H42F6O7/c1-23-13-27(38(40(42,43)44)29-7-11-36(25(3)15-29)53-21-32-19-49-32)5-9-34(23)51-17-31(48)18-52-35-10-6-28(14-24(35)2)39(41(45,46)47)30-8-12-37(26(4)16-30)54-22-33-20-50-33/h5-16,31-33,38-39,48H,17-22H2,1-4H3. The van der Waals surface area contributed by atoms with Gasteiger partial charge in [-0.05, 0) is 96.5 Å². The minimum atomic E-state index is -4.58. The van der Waals surface area contributed by atoms with Crippen LogP contribution in [0.4, 0.5) is 26.3 Å². The number of aryl methyl sites for hydroxylation is 4. The third-order valence-corrected chi connectivity index (χ3v) is 9.30. The Morgan fingerprint density at radius 2 is 0.815 bits per heavy atom. The molecule has 290 valence electrons. The number of benzene rings is 4. The van der Waals surface area contributed by atoms with Crippen molar-refractivity contribution in [3.63, 3.8) is 0 Å². The molecule has 0 aliphatic carbocycles. The van der Waals surface area contributed by atoms with Gasteiger partial charge < -0.3 is 33.5 Å². The normalized spacial score (nSPS) is 18.4. The number of hydrogen-bond acceptors (Lipinski definition) is 7. The largest absolute Gasteiger partial charge is 0.491 e. The number of alkyl halides is 6. The Kier molecular flexibility index (Phi) is 11.7. The van der Waals surface area contributed by atoms with E-state index in [1.807, 2.05) is 0 Å². The number of aliphatic hydroxyl groups is 1.